The Morgan fingerprint density at radius 1 is 1.40 bits per heavy atom. The summed E-state index contributed by atoms with van der Waals surface area (Å²) in [6, 6.07) is 10.2. The number of carbonyl (C=O) groups excluding carboxylic acids is 1. The normalized spacial score (nSPS) is 23.2. The zero-order chi connectivity index (χ0) is 10.8. The van der Waals surface area contributed by atoms with Gasteiger partial charge in [0.05, 0.1) is 6.04 Å². The van der Waals surface area contributed by atoms with Crippen LogP contribution in [0.2, 0.25) is 0 Å². The second-order valence-electron chi connectivity index (χ2n) is 4.10. The first kappa shape index (κ1) is 10.2. The maximum atomic E-state index is 11.6. The van der Waals surface area contributed by atoms with Crippen molar-refractivity contribution in [1.29, 1.82) is 0 Å². The van der Waals surface area contributed by atoms with Crippen molar-refractivity contribution in [3.63, 3.8) is 0 Å². The highest BCUT2D eigenvalue weighted by Crippen LogP contribution is 2.24. The largest absolute Gasteiger partial charge is 0.334 e. The van der Waals surface area contributed by atoms with E-state index in [1.165, 1.54) is 5.56 Å². The first-order chi connectivity index (χ1) is 7.18. The van der Waals surface area contributed by atoms with E-state index in [1.54, 1.807) is 0 Å². The molecule has 3 heteroatoms. The van der Waals surface area contributed by atoms with Crippen LogP contribution in [0.1, 0.15) is 24.9 Å². The molecule has 3 nitrogen and oxygen atoms in total. The topological polar surface area (TPSA) is 46.3 Å². The number of likely N-dealkylation sites (tertiary alicyclic amines) is 1. The highest BCUT2D eigenvalue weighted by molar-refractivity contribution is 5.79. The molecule has 1 aliphatic heterocycles. The van der Waals surface area contributed by atoms with Crippen molar-refractivity contribution < 1.29 is 4.79 Å². The lowest BCUT2D eigenvalue weighted by Crippen LogP contribution is -2.30. The minimum atomic E-state index is 0.00339. The van der Waals surface area contributed by atoms with Crippen molar-refractivity contribution in [3.8, 4) is 0 Å². The Labute approximate surface area is 89.9 Å². The molecule has 0 radical (unpaired) electrons. The summed E-state index contributed by atoms with van der Waals surface area (Å²) in [5.74, 6) is 0.166. The number of amides is 1. The van der Waals surface area contributed by atoms with Gasteiger partial charge in [-0.15, -0.1) is 0 Å². The number of hydrogen-bond acceptors (Lipinski definition) is 2. The van der Waals surface area contributed by atoms with Crippen molar-refractivity contribution in [2.45, 2.75) is 25.4 Å². The van der Waals surface area contributed by atoms with E-state index in [0.29, 0.717) is 13.0 Å². The molecule has 2 rings (SSSR count). The van der Waals surface area contributed by atoms with Crippen LogP contribution < -0.4 is 5.73 Å². The molecule has 1 amide bonds. The van der Waals surface area contributed by atoms with Crippen LogP contribution in [0.4, 0.5) is 0 Å². The summed E-state index contributed by atoms with van der Waals surface area (Å²) in [4.78, 5) is 13.5. The predicted octanol–water partition coefficient (Wildman–Crippen LogP) is 1.31. The van der Waals surface area contributed by atoms with Crippen LogP contribution in [0.25, 0.3) is 0 Å². The van der Waals surface area contributed by atoms with Gasteiger partial charge < -0.3 is 10.6 Å². The summed E-state index contributed by atoms with van der Waals surface area (Å²) >= 11 is 0. The fourth-order valence-electron chi connectivity index (χ4n) is 2.05. The minimum absolute atomic E-state index is 0.00339. The van der Waals surface area contributed by atoms with E-state index in [4.69, 9.17) is 5.73 Å². The summed E-state index contributed by atoms with van der Waals surface area (Å²) in [5.41, 5.74) is 6.94. The molecule has 80 valence electrons. The number of nitrogens with zero attached hydrogens (tertiary/aromatic N) is 1. The Morgan fingerprint density at radius 2 is 2.07 bits per heavy atom. The van der Waals surface area contributed by atoms with Crippen molar-refractivity contribution in [3.05, 3.63) is 35.9 Å². The number of nitrogens with two attached hydrogens (primary N) is 1. The average molecular weight is 204 g/mol. The molecular weight excluding hydrogens is 188 g/mol. The lowest BCUT2D eigenvalue weighted by Gasteiger charge is -2.24. The molecule has 1 aromatic rings. The van der Waals surface area contributed by atoms with Gasteiger partial charge in [-0.1, -0.05) is 30.3 Å². The van der Waals surface area contributed by atoms with Gasteiger partial charge in [0.2, 0.25) is 5.91 Å². The van der Waals surface area contributed by atoms with Gasteiger partial charge in [0.1, 0.15) is 0 Å². The highest BCUT2D eigenvalue weighted by Gasteiger charge is 2.30. The van der Waals surface area contributed by atoms with Crippen LogP contribution in [0, 0.1) is 0 Å². The number of hydrogen-bond donors (Lipinski definition) is 1. The Kier molecular flexibility index (Phi) is 2.73. The maximum absolute atomic E-state index is 11.6. The van der Waals surface area contributed by atoms with Crippen molar-refractivity contribution >= 4 is 5.91 Å². The van der Waals surface area contributed by atoms with E-state index >= 15 is 0 Å². The lowest BCUT2D eigenvalue weighted by atomic mass is 10.1. The molecule has 1 aliphatic rings. The molecule has 0 aromatic heterocycles. The van der Waals surface area contributed by atoms with E-state index < -0.39 is 0 Å². The highest BCUT2D eigenvalue weighted by atomic mass is 16.2. The van der Waals surface area contributed by atoms with Crippen LogP contribution in [0.5, 0.6) is 0 Å². The Hall–Kier alpha value is -1.35. The smallest absolute Gasteiger partial charge is 0.224 e. The fourth-order valence-corrected chi connectivity index (χ4v) is 2.05. The van der Waals surface area contributed by atoms with Crippen molar-refractivity contribution in [2.24, 2.45) is 5.73 Å². The third-order valence-corrected chi connectivity index (χ3v) is 2.94. The molecular formula is C12H16N2O. The van der Waals surface area contributed by atoms with Gasteiger partial charge in [-0.2, -0.15) is 0 Å². The average Bonchev–Trinajstić information content (AvgIpc) is 2.58. The SMILES string of the molecule is C[C@@H](c1ccccc1)N1CC(N)CC1=O. The molecule has 1 heterocycles. The summed E-state index contributed by atoms with van der Waals surface area (Å²) in [7, 11) is 0. The molecule has 0 bridgehead atoms. The zero-order valence-electron chi connectivity index (χ0n) is 8.89. The molecule has 2 atom stereocenters. The minimum Gasteiger partial charge on any atom is -0.334 e. The first-order valence-corrected chi connectivity index (χ1v) is 5.28. The van der Waals surface area contributed by atoms with Gasteiger partial charge in [-0.3, -0.25) is 4.79 Å². The van der Waals surface area contributed by atoms with Gasteiger partial charge >= 0.3 is 0 Å². The monoisotopic (exact) mass is 204 g/mol. The van der Waals surface area contributed by atoms with Gasteiger partial charge in [0, 0.05) is 19.0 Å². The van der Waals surface area contributed by atoms with E-state index in [9.17, 15) is 4.79 Å². The Morgan fingerprint density at radius 3 is 2.60 bits per heavy atom. The quantitative estimate of drug-likeness (QED) is 0.789. The molecule has 1 saturated heterocycles. The van der Waals surface area contributed by atoms with Crippen LogP contribution in [-0.2, 0) is 4.79 Å². The second kappa shape index (κ2) is 4.03. The number of benzene rings is 1. The van der Waals surface area contributed by atoms with Crippen LogP contribution in [0.3, 0.4) is 0 Å². The molecule has 15 heavy (non-hydrogen) atoms. The van der Waals surface area contributed by atoms with E-state index in [2.05, 4.69) is 0 Å². The lowest BCUT2D eigenvalue weighted by molar-refractivity contribution is -0.129. The molecule has 1 unspecified atom stereocenters. The summed E-state index contributed by atoms with van der Waals surface area (Å²) in [5, 5.41) is 0. The third kappa shape index (κ3) is 2.02. The van der Waals surface area contributed by atoms with Crippen LogP contribution in [0.15, 0.2) is 30.3 Å². The van der Waals surface area contributed by atoms with Gasteiger partial charge in [-0.05, 0) is 12.5 Å². The molecule has 2 N–H and O–H groups in total. The van der Waals surface area contributed by atoms with E-state index in [-0.39, 0.29) is 18.0 Å². The van der Waals surface area contributed by atoms with Crippen LogP contribution in [-0.4, -0.2) is 23.4 Å². The van der Waals surface area contributed by atoms with Crippen LogP contribution >= 0.6 is 0 Å². The zero-order valence-corrected chi connectivity index (χ0v) is 8.89. The van der Waals surface area contributed by atoms with Gasteiger partial charge in [-0.25, -0.2) is 0 Å². The summed E-state index contributed by atoms with van der Waals surface area (Å²) in [6.45, 7) is 2.72. The molecule has 1 fully saturated rings. The van der Waals surface area contributed by atoms with Crippen molar-refractivity contribution in [1.82, 2.24) is 4.90 Å². The first-order valence-electron chi connectivity index (χ1n) is 5.28. The number of rotatable bonds is 2. The van der Waals surface area contributed by atoms with E-state index in [1.807, 2.05) is 42.2 Å². The van der Waals surface area contributed by atoms with Crippen molar-refractivity contribution in [2.75, 3.05) is 6.54 Å². The predicted molar refractivity (Wildman–Crippen MR) is 59.2 cm³/mol. The summed E-state index contributed by atoms with van der Waals surface area (Å²) < 4.78 is 0. The third-order valence-electron chi connectivity index (χ3n) is 2.94. The molecule has 0 saturated carbocycles. The molecule has 1 aromatic carbocycles. The van der Waals surface area contributed by atoms with E-state index in [0.717, 1.165) is 0 Å². The van der Waals surface area contributed by atoms with Gasteiger partial charge in [0.25, 0.3) is 0 Å². The molecule has 0 aliphatic carbocycles. The standard InChI is InChI=1S/C12H16N2O/c1-9(10-5-3-2-4-6-10)14-8-11(13)7-12(14)15/h2-6,9,11H,7-8,13H2,1H3/t9-,11?/m0/s1. The Bertz CT molecular complexity index is 350. The number of carbonyl (C=O) groups is 1. The molecule has 0 spiro atoms. The summed E-state index contributed by atoms with van der Waals surface area (Å²) in [6.07, 6.45) is 0.483. The fraction of sp³-hybridized carbons (Fsp3) is 0.417. The Balaban J connectivity index is 2.15. The second-order valence-corrected chi connectivity index (χ2v) is 4.10. The maximum Gasteiger partial charge on any atom is 0.224 e. The van der Waals surface area contributed by atoms with Gasteiger partial charge in [0.15, 0.2) is 0 Å².